The summed E-state index contributed by atoms with van der Waals surface area (Å²) < 4.78 is 5.54. The predicted octanol–water partition coefficient (Wildman–Crippen LogP) is 2.92. The molecule has 0 N–H and O–H groups in total. The number of hydrogen-bond donors (Lipinski definition) is 0. The van der Waals surface area contributed by atoms with Crippen molar-refractivity contribution in [1.82, 2.24) is 0 Å². The van der Waals surface area contributed by atoms with E-state index >= 15 is 0 Å². The second kappa shape index (κ2) is 4.13. The molecule has 1 nitrogen and oxygen atoms in total. The van der Waals surface area contributed by atoms with Gasteiger partial charge in [0.15, 0.2) is 0 Å². The fourth-order valence-electron chi connectivity index (χ4n) is 1.53. The molecule has 0 unspecified atom stereocenters. The van der Waals surface area contributed by atoms with E-state index in [0.717, 1.165) is 25.2 Å². The highest BCUT2D eigenvalue weighted by atomic mass is 16.5. The van der Waals surface area contributed by atoms with Crippen molar-refractivity contribution in [2.75, 3.05) is 6.61 Å². The van der Waals surface area contributed by atoms with Crippen molar-refractivity contribution in [3.63, 3.8) is 0 Å². The van der Waals surface area contributed by atoms with Crippen LogP contribution in [0.25, 0.3) is 0 Å². The molecule has 0 atom stereocenters. The molecular weight excluding hydrogens is 160 g/mol. The highest BCUT2D eigenvalue weighted by Gasteiger charge is 2.04. The van der Waals surface area contributed by atoms with Crippen molar-refractivity contribution < 1.29 is 4.74 Å². The molecule has 2 rings (SSSR count). The Hall–Kier alpha value is -1.24. The summed E-state index contributed by atoms with van der Waals surface area (Å²) in [4.78, 5) is 0. The van der Waals surface area contributed by atoms with Gasteiger partial charge in [-0.1, -0.05) is 30.3 Å². The van der Waals surface area contributed by atoms with Gasteiger partial charge in [0.2, 0.25) is 0 Å². The first-order valence-corrected chi connectivity index (χ1v) is 4.81. The number of allylic oxidation sites excluding steroid dienone is 2. The first-order valence-electron chi connectivity index (χ1n) is 4.81. The Balaban J connectivity index is 2.01. The van der Waals surface area contributed by atoms with Crippen molar-refractivity contribution >= 4 is 0 Å². The lowest BCUT2D eigenvalue weighted by Gasteiger charge is -2.14. The van der Waals surface area contributed by atoms with Crippen molar-refractivity contribution in [3.05, 3.63) is 47.7 Å². The van der Waals surface area contributed by atoms with Crippen LogP contribution in [0, 0.1) is 0 Å². The van der Waals surface area contributed by atoms with Gasteiger partial charge in [-0.15, -0.1) is 0 Å². The van der Waals surface area contributed by atoms with E-state index in [1.807, 2.05) is 6.07 Å². The molecule has 0 amide bonds. The van der Waals surface area contributed by atoms with Crippen LogP contribution in [0.3, 0.4) is 0 Å². The van der Waals surface area contributed by atoms with Crippen LogP contribution < -0.4 is 0 Å². The number of rotatable bonds is 2. The summed E-state index contributed by atoms with van der Waals surface area (Å²) in [7, 11) is 0. The minimum Gasteiger partial charge on any atom is -0.498 e. The first kappa shape index (κ1) is 8.36. The average molecular weight is 174 g/mol. The molecule has 1 heteroatoms. The van der Waals surface area contributed by atoms with Crippen LogP contribution in [0.15, 0.2) is 42.2 Å². The Bertz CT molecular complexity index is 287. The van der Waals surface area contributed by atoms with Gasteiger partial charge in [0, 0.05) is 6.42 Å². The van der Waals surface area contributed by atoms with Crippen LogP contribution in [-0.4, -0.2) is 6.61 Å². The van der Waals surface area contributed by atoms with Crippen molar-refractivity contribution in [2.45, 2.75) is 19.3 Å². The summed E-state index contributed by atoms with van der Waals surface area (Å²) >= 11 is 0. The third kappa shape index (κ3) is 2.35. The SMILES string of the molecule is C1=C(Cc2ccccc2)OCCC1. The average Bonchev–Trinajstić information content (AvgIpc) is 2.21. The van der Waals surface area contributed by atoms with Gasteiger partial charge in [0.05, 0.1) is 12.4 Å². The summed E-state index contributed by atoms with van der Waals surface area (Å²) in [6.07, 6.45) is 5.48. The van der Waals surface area contributed by atoms with Gasteiger partial charge in [-0.3, -0.25) is 0 Å². The quantitative estimate of drug-likeness (QED) is 0.669. The van der Waals surface area contributed by atoms with Crippen molar-refractivity contribution in [1.29, 1.82) is 0 Å². The third-order valence-electron chi connectivity index (χ3n) is 2.23. The summed E-state index contributed by atoms with van der Waals surface area (Å²) in [5, 5.41) is 0. The van der Waals surface area contributed by atoms with Crippen LogP contribution in [-0.2, 0) is 11.2 Å². The lowest BCUT2D eigenvalue weighted by molar-refractivity contribution is 0.188. The summed E-state index contributed by atoms with van der Waals surface area (Å²) in [5.74, 6) is 1.14. The summed E-state index contributed by atoms with van der Waals surface area (Å²) in [5.41, 5.74) is 1.33. The Morgan fingerprint density at radius 2 is 2.00 bits per heavy atom. The van der Waals surface area contributed by atoms with Crippen LogP contribution in [0.5, 0.6) is 0 Å². The van der Waals surface area contributed by atoms with E-state index in [-0.39, 0.29) is 0 Å². The maximum atomic E-state index is 5.54. The van der Waals surface area contributed by atoms with Gasteiger partial charge in [-0.2, -0.15) is 0 Å². The van der Waals surface area contributed by atoms with Gasteiger partial charge in [-0.05, 0) is 24.5 Å². The van der Waals surface area contributed by atoms with Crippen LogP contribution in [0.1, 0.15) is 18.4 Å². The molecule has 0 saturated carbocycles. The van der Waals surface area contributed by atoms with E-state index in [0.29, 0.717) is 0 Å². The molecule has 1 aliphatic rings. The smallest absolute Gasteiger partial charge is 0.0963 e. The van der Waals surface area contributed by atoms with Gasteiger partial charge < -0.3 is 4.74 Å². The van der Waals surface area contributed by atoms with Crippen LogP contribution in [0.4, 0.5) is 0 Å². The molecule has 1 aliphatic heterocycles. The molecule has 13 heavy (non-hydrogen) atoms. The maximum Gasteiger partial charge on any atom is 0.0963 e. The minimum absolute atomic E-state index is 0.888. The number of benzene rings is 1. The monoisotopic (exact) mass is 174 g/mol. The molecule has 0 aromatic heterocycles. The van der Waals surface area contributed by atoms with E-state index in [1.54, 1.807) is 0 Å². The zero-order valence-electron chi connectivity index (χ0n) is 7.70. The second-order valence-electron chi connectivity index (χ2n) is 3.32. The lowest BCUT2D eigenvalue weighted by Crippen LogP contribution is -2.03. The van der Waals surface area contributed by atoms with E-state index < -0.39 is 0 Å². The fourth-order valence-corrected chi connectivity index (χ4v) is 1.53. The molecule has 0 spiro atoms. The van der Waals surface area contributed by atoms with Gasteiger partial charge in [-0.25, -0.2) is 0 Å². The van der Waals surface area contributed by atoms with Gasteiger partial charge in [0.1, 0.15) is 0 Å². The molecular formula is C12H14O. The molecule has 68 valence electrons. The second-order valence-corrected chi connectivity index (χ2v) is 3.32. The van der Waals surface area contributed by atoms with Crippen LogP contribution in [0.2, 0.25) is 0 Å². The Morgan fingerprint density at radius 3 is 2.69 bits per heavy atom. The zero-order valence-corrected chi connectivity index (χ0v) is 7.70. The van der Waals surface area contributed by atoms with Crippen molar-refractivity contribution in [3.8, 4) is 0 Å². The van der Waals surface area contributed by atoms with E-state index in [9.17, 15) is 0 Å². The van der Waals surface area contributed by atoms with E-state index in [1.165, 1.54) is 12.0 Å². The third-order valence-corrected chi connectivity index (χ3v) is 2.23. The number of ether oxygens (including phenoxy) is 1. The normalized spacial score (nSPS) is 16.2. The molecule has 1 aromatic carbocycles. The first-order chi connectivity index (χ1) is 6.45. The summed E-state index contributed by atoms with van der Waals surface area (Å²) in [6.45, 7) is 0.888. The molecule has 1 aromatic rings. The topological polar surface area (TPSA) is 9.23 Å². The van der Waals surface area contributed by atoms with E-state index in [4.69, 9.17) is 4.74 Å². The van der Waals surface area contributed by atoms with Crippen LogP contribution >= 0.6 is 0 Å². The van der Waals surface area contributed by atoms with Gasteiger partial charge >= 0.3 is 0 Å². The minimum atomic E-state index is 0.888. The largest absolute Gasteiger partial charge is 0.498 e. The Morgan fingerprint density at radius 1 is 1.15 bits per heavy atom. The highest BCUT2D eigenvalue weighted by Crippen LogP contribution is 2.14. The molecule has 0 bridgehead atoms. The zero-order chi connectivity index (χ0) is 8.93. The predicted molar refractivity (Wildman–Crippen MR) is 53.4 cm³/mol. The molecule has 0 fully saturated rings. The molecule has 1 heterocycles. The molecule has 0 saturated heterocycles. The summed E-state index contributed by atoms with van der Waals surface area (Å²) in [6, 6.07) is 10.5. The standard InChI is InChI=1S/C12H14O/c1-2-6-11(7-3-1)10-12-8-4-5-9-13-12/h1-3,6-8H,4-5,9-10H2. The van der Waals surface area contributed by atoms with Gasteiger partial charge in [0.25, 0.3) is 0 Å². The molecule has 0 radical (unpaired) electrons. The van der Waals surface area contributed by atoms with Crippen molar-refractivity contribution in [2.24, 2.45) is 0 Å². The molecule has 0 aliphatic carbocycles. The Labute approximate surface area is 79.0 Å². The maximum absolute atomic E-state index is 5.54. The van der Waals surface area contributed by atoms with E-state index in [2.05, 4.69) is 30.3 Å². The number of hydrogen-bond acceptors (Lipinski definition) is 1. The Kier molecular flexibility index (Phi) is 2.65. The fraction of sp³-hybridized carbons (Fsp3) is 0.333. The highest BCUT2D eigenvalue weighted by molar-refractivity contribution is 5.19. The lowest BCUT2D eigenvalue weighted by atomic mass is 10.1.